The molecule has 1 heterocycles. The zero-order valence-electron chi connectivity index (χ0n) is 15.1. The number of fused-ring (bicyclic) bond motifs is 1. The SMILES string of the molecule is COc1cc([C@H](C)CS(=O)(=O)c2nc3ccccc3s2)c(OC)cc1C. The van der Waals surface area contributed by atoms with Gasteiger partial charge in [0.25, 0.3) is 0 Å². The summed E-state index contributed by atoms with van der Waals surface area (Å²) in [5.74, 6) is 1.06. The maximum absolute atomic E-state index is 12.9. The lowest BCUT2D eigenvalue weighted by molar-refractivity contribution is 0.394. The summed E-state index contributed by atoms with van der Waals surface area (Å²) in [4.78, 5) is 4.30. The van der Waals surface area contributed by atoms with Gasteiger partial charge in [-0.1, -0.05) is 19.1 Å². The summed E-state index contributed by atoms with van der Waals surface area (Å²) in [6.45, 7) is 3.80. The molecular formula is C19H21NO4S2. The summed E-state index contributed by atoms with van der Waals surface area (Å²) in [6, 6.07) is 11.2. The number of aryl methyl sites for hydroxylation is 1. The first kappa shape index (κ1) is 18.7. The predicted octanol–water partition coefficient (Wildman–Crippen LogP) is 4.20. The maximum Gasteiger partial charge on any atom is 0.210 e. The van der Waals surface area contributed by atoms with Crippen LogP contribution < -0.4 is 9.47 Å². The maximum atomic E-state index is 12.9. The van der Waals surface area contributed by atoms with Crippen LogP contribution in [0.5, 0.6) is 11.5 Å². The van der Waals surface area contributed by atoms with Gasteiger partial charge in [-0.25, -0.2) is 13.4 Å². The van der Waals surface area contributed by atoms with Crippen LogP contribution in [0.3, 0.4) is 0 Å². The van der Waals surface area contributed by atoms with E-state index in [0.29, 0.717) is 17.0 Å². The van der Waals surface area contributed by atoms with Crippen LogP contribution in [0.25, 0.3) is 10.2 Å². The molecule has 0 unspecified atom stereocenters. The minimum absolute atomic E-state index is 0.0462. The van der Waals surface area contributed by atoms with Crippen LogP contribution in [-0.2, 0) is 9.84 Å². The monoisotopic (exact) mass is 391 g/mol. The third-order valence-corrected chi connectivity index (χ3v) is 7.69. The van der Waals surface area contributed by atoms with Gasteiger partial charge in [-0.15, -0.1) is 11.3 Å². The van der Waals surface area contributed by atoms with Crippen molar-refractivity contribution in [2.45, 2.75) is 24.1 Å². The summed E-state index contributed by atoms with van der Waals surface area (Å²) >= 11 is 1.21. The molecule has 3 aromatic rings. The minimum atomic E-state index is -3.51. The number of rotatable bonds is 6. The summed E-state index contributed by atoms with van der Waals surface area (Å²) < 4.78 is 37.6. The van der Waals surface area contributed by atoms with Gasteiger partial charge in [-0.05, 0) is 42.7 Å². The Hall–Kier alpha value is -2.12. The highest BCUT2D eigenvalue weighted by Crippen LogP contribution is 2.35. The number of hydrogen-bond acceptors (Lipinski definition) is 6. The van der Waals surface area contributed by atoms with Crippen LogP contribution in [0.1, 0.15) is 24.0 Å². The number of ether oxygens (including phenoxy) is 2. The number of methoxy groups -OCH3 is 2. The van der Waals surface area contributed by atoms with E-state index in [1.54, 1.807) is 14.2 Å². The van der Waals surface area contributed by atoms with E-state index in [2.05, 4.69) is 4.98 Å². The van der Waals surface area contributed by atoms with E-state index in [1.165, 1.54) is 11.3 Å². The number of hydrogen-bond donors (Lipinski definition) is 0. The largest absolute Gasteiger partial charge is 0.496 e. The number of nitrogens with zero attached hydrogens (tertiary/aromatic N) is 1. The molecule has 0 aliphatic heterocycles. The van der Waals surface area contributed by atoms with Crippen LogP contribution in [-0.4, -0.2) is 33.4 Å². The first-order valence-corrected chi connectivity index (χ1v) is 10.6. The normalized spacial score (nSPS) is 12.9. The second-order valence-corrected chi connectivity index (χ2v) is 9.43. The third-order valence-electron chi connectivity index (χ3n) is 4.29. The molecule has 26 heavy (non-hydrogen) atoms. The van der Waals surface area contributed by atoms with E-state index in [0.717, 1.165) is 15.8 Å². The fourth-order valence-electron chi connectivity index (χ4n) is 2.93. The van der Waals surface area contributed by atoms with Crippen LogP contribution >= 0.6 is 11.3 Å². The Balaban J connectivity index is 1.94. The molecule has 1 aromatic heterocycles. The first-order chi connectivity index (χ1) is 12.4. The lowest BCUT2D eigenvalue weighted by atomic mass is 9.99. The Morgan fingerprint density at radius 2 is 1.81 bits per heavy atom. The molecule has 0 fully saturated rings. The average Bonchev–Trinajstić information content (AvgIpc) is 3.06. The van der Waals surface area contributed by atoms with E-state index in [4.69, 9.17) is 9.47 Å². The van der Waals surface area contributed by atoms with Crippen molar-refractivity contribution < 1.29 is 17.9 Å². The highest BCUT2D eigenvalue weighted by molar-refractivity contribution is 7.93. The highest BCUT2D eigenvalue weighted by atomic mass is 32.2. The van der Waals surface area contributed by atoms with E-state index < -0.39 is 9.84 Å². The smallest absolute Gasteiger partial charge is 0.210 e. The highest BCUT2D eigenvalue weighted by Gasteiger charge is 2.25. The van der Waals surface area contributed by atoms with Gasteiger partial charge in [0.1, 0.15) is 11.5 Å². The Morgan fingerprint density at radius 1 is 1.12 bits per heavy atom. The van der Waals surface area contributed by atoms with Crippen molar-refractivity contribution >= 4 is 31.4 Å². The van der Waals surface area contributed by atoms with Crippen molar-refractivity contribution in [3.8, 4) is 11.5 Å². The van der Waals surface area contributed by atoms with Crippen molar-refractivity contribution in [1.82, 2.24) is 4.98 Å². The van der Waals surface area contributed by atoms with E-state index in [9.17, 15) is 8.42 Å². The predicted molar refractivity (Wildman–Crippen MR) is 104 cm³/mol. The molecule has 1 atom stereocenters. The fraction of sp³-hybridized carbons (Fsp3) is 0.316. The Labute approximate surface area is 157 Å². The molecule has 0 aliphatic carbocycles. The zero-order chi connectivity index (χ0) is 18.9. The molecule has 7 heteroatoms. The van der Waals surface area contributed by atoms with Crippen molar-refractivity contribution in [2.75, 3.05) is 20.0 Å². The van der Waals surface area contributed by atoms with Gasteiger partial charge in [0.2, 0.25) is 14.2 Å². The topological polar surface area (TPSA) is 65.5 Å². The molecule has 0 bridgehead atoms. The molecule has 0 radical (unpaired) electrons. The van der Waals surface area contributed by atoms with Crippen molar-refractivity contribution in [1.29, 1.82) is 0 Å². The standard InChI is InChI=1S/C19H21NO4S2/c1-12-9-17(24-4)14(10-16(12)23-3)13(2)11-26(21,22)19-20-15-7-5-6-8-18(15)25-19/h5-10,13H,11H2,1-4H3/t13-/m1/s1. The first-order valence-electron chi connectivity index (χ1n) is 8.16. The minimum Gasteiger partial charge on any atom is -0.496 e. The second kappa shape index (κ2) is 7.25. The quantitative estimate of drug-likeness (QED) is 0.630. The third kappa shape index (κ3) is 3.54. The molecule has 3 rings (SSSR count). The molecule has 2 aromatic carbocycles. The summed E-state index contributed by atoms with van der Waals surface area (Å²) in [7, 11) is -0.332. The van der Waals surface area contributed by atoms with Crippen LogP contribution in [0.2, 0.25) is 0 Å². The number of thiazole rings is 1. The van der Waals surface area contributed by atoms with Gasteiger partial charge in [0.15, 0.2) is 0 Å². The molecule has 0 N–H and O–H groups in total. The van der Waals surface area contributed by atoms with Crippen molar-refractivity contribution in [3.05, 3.63) is 47.5 Å². The Kier molecular flexibility index (Phi) is 5.20. The van der Waals surface area contributed by atoms with Crippen molar-refractivity contribution in [2.24, 2.45) is 0 Å². The lowest BCUT2D eigenvalue weighted by Crippen LogP contribution is -2.14. The Morgan fingerprint density at radius 3 is 2.46 bits per heavy atom. The Bertz CT molecular complexity index is 1010. The molecule has 138 valence electrons. The molecule has 5 nitrogen and oxygen atoms in total. The summed E-state index contributed by atoms with van der Waals surface area (Å²) in [5.41, 5.74) is 2.45. The molecule has 0 amide bonds. The molecule has 0 saturated heterocycles. The van der Waals surface area contributed by atoms with Gasteiger partial charge in [0.05, 0.1) is 30.2 Å². The fourth-order valence-corrected chi connectivity index (χ4v) is 5.83. The zero-order valence-corrected chi connectivity index (χ0v) is 16.8. The number of sulfone groups is 1. The number of para-hydroxylation sites is 1. The molecule has 0 saturated carbocycles. The second-order valence-electron chi connectivity index (χ2n) is 6.19. The average molecular weight is 392 g/mol. The number of benzene rings is 2. The van der Waals surface area contributed by atoms with Gasteiger partial charge < -0.3 is 9.47 Å². The summed E-state index contributed by atoms with van der Waals surface area (Å²) in [5, 5.41) is 0. The lowest BCUT2D eigenvalue weighted by Gasteiger charge is -2.18. The molecule has 0 aliphatic rings. The van der Waals surface area contributed by atoms with Crippen LogP contribution in [0.4, 0.5) is 0 Å². The van der Waals surface area contributed by atoms with Crippen LogP contribution in [0.15, 0.2) is 40.7 Å². The van der Waals surface area contributed by atoms with Crippen LogP contribution in [0, 0.1) is 6.92 Å². The van der Waals surface area contributed by atoms with Gasteiger partial charge in [-0.3, -0.25) is 0 Å². The molecule has 0 spiro atoms. The molecular weight excluding hydrogens is 370 g/mol. The van der Waals surface area contributed by atoms with E-state index in [-0.39, 0.29) is 16.0 Å². The van der Waals surface area contributed by atoms with Gasteiger partial charge in [-0.2, -0.15) is 0 Å². The van der Waals surface area contributed by atoms with E-state index >= 15 is 0 Å². The van der Waals surface area contributed by atoms with Gasteiger partial charge >= 0.3 is 0 Å². The van der Waals surface area contributed by atoms with Gasteiger partial charge in [0, 0.05) is 5.56 Å². The van der Waals surface area contributed by atoms with Crippen molar-refractivity contribution in [3.63, 3.8) is 0 Å². The van der Waals surface area contributed by atoms with E-state index in [1.807, 2.05) is 50.2 Å². The number of aromatic nitrogens is 1. The summed E-state index contributed by atoms with van der Waals surface area (Å²) in [6.07, 6.45) is 0.